The third kappa shape index (κ3) is 3.45. The van der Waals surface area contributed by atoms with Crippen molar-refractivity contribution in [3.63, 3.8) is 0 Å². The third-order valence-corrected chi connectivity index (χ3v) is 3.52. The van der Waals surface area contributed by atoms with Crippen LogP contribution in [0.4, 0.5) is 5.69 Å². The van der Waals surface area contributed by atoms with Gasteiger partial charge in [0.15, 0.2) is 0 Å². The van der Waals surface area contributed by atoms with Crippen LogP contribution in [-0.4, -0.2) is 24.6 Å². The Morgan fingerprint density at radius 3 is 3.00 bits per heavy atom. The van der Waals surface area contributed by atoms with Crippen LogP contribution in [-0.2, 0) is 6.54 Å². The van der Waals surface area contributed by atoms with Gasteiger partial charge in [-0.1, -0.05) is 20.8 Å². The summed E-state index contributed by atoms with van der Waals surface area (Å²) in [5.41, 5.74) is 2.69. The van der Waals surface area contributed by atoms with Crippen LogP contribution in [0.1, 0.15) is 32.8 Å². The molecule has 100 valence electrons. The van der Waals surface area contributed by atoms with Gasteiger partial charge in [0, 0.05) is 25.8 Å². The minimum absolute atomic E-state index is 0.696. The standard InChI is InChI=1S/C15H25N3/c1-12(2)8-17-9-14-4-6-16-10-15(14)18-7-5-13(3)11-18/h4,6,10,12-13,17H,5,7-9,11H2,1-3H3. The summed E-state index contributed by atoms with van der Waals surface area (Å²) in [4.78, 5) is 6.76. The first kappa shape index (κ1) is 13.3. The topological polar surface area (TPSA) is 28.2 Å². The number of pyridine rings is 1. The number of aromatic nitrogens is 1. The Labute approximate surface area is 111 Å². The minimum Gasteiger partial charge on any atom is -0.370 e. The van der Waals surface area contributed by atoms with Crippen molar-refractivity contribution in [3.05, 3.63) is 24.0 Å². The average Bonchev–Trinajstić information content (AvgIpc) is 2.76. The number of hydrogen-bond acceptors (Lipinski definition) is 3. The molecule has 0 bridgehead atoms. The smallest absolute Gasteiger partial charge is 0.0598 e. The lowest BCUT2D eigenvalue weighted by molar-refractivity contribution is 0.552. The second-order valence-corrected chi connectivity index (χ2v) is 5.87. The summed E-state index contributed by atoms with van der Waals surface area (Å²) in [6.07, 6.45) is 5.22. The maximum Gasteiger partial charge on any atom is 0.0598 e. The first-order chi connectivity index (χ1) is 8.66. The maximum absolute atomic E-state index is 4.29. The first-order valence-electron chi connectivity index (χ1n) is 7.05. The van der Waals surface area contributed by atoms with Crippen molar-refractivity contribution in [1.29, 1.82) is 0 Å². The zero-order valence-electron chi connectivity index (χ0n) is 11.8. The molecule has 3 heteroatoms. The number of nitrogens with zero attached hydrogens (tertiary/aromatic N) is 2. The minimum atomic E-state index is 0.696. The molecule has 1 atom stereocenters. The highest BCUT2D eigenvalue weighted by Gasteiger charge is 2.20. The van der Waals surface area contributed by atoms with E-state index in [9.17, 15) is 0 Å². The van der Waals surface area contributed by atoms with E-state index in [4.69, 9.17) is 0 Å². The Morgan fingerprint density at radius 1 is 1.50 bits per heavy atom. The van der Waals surface area contributed by atoms with Crippen LogP contribution in [0.5, 0.6) is 0 Å². The van der Waals surface area contributed by atoms with Crippen LogP contribution in [0.3, 0.4) is 0 Å². The molecule has 0 amide bonds. The van der Waals surface area contributed by atoms with Crippen LogP contribution < -0.4 is 10.2 Å². The maximum atomic E-state index is 4.29. The lowest BCUT2D eigenvalue weighted by atomic mass is 10.1. The summed E-state index contributed by atoms with van der Waals surface area (Å²) >= 11 is 0. The lowest BCUT2D eigenvalue weighted by Gasteiger charge is -2.21. The molecule has 18 heavy (non-hydrogen) atoms. The van der Waals surface area contributed by atoms with Gasteiger partial charge in [0.2, 0.25) is 0 Å². The monoisotopic (exact) mass is 247 g/mol. The van der Waals surface area contributed by atoms with Gasteiger partial charge in [-0.3, -0.25) is 4.98 Å². The highest BCUT2D eigenvalue weighted by atomic mass is 15.2. The van der Waals surface area contributed by atoms with Crippen molar-refractivity contribution in [2.45, 2.75) is 33.7 Å². The van der Waals surface area contributed by atoms with Gasteiger partial charge in [0.1, 0.15) is 0 Å². The molecule has 1 aromatic heterocycles. The first-order valence-corrected chi connectivity index (χ1v) is 7.05. The van der Waals surface area contributed by atoms with Crippen LogP contribution >= 0.6 is 0 Å². The van der Waals surface area contributed by atoms with Crippen LogP contribution in [0.15, 0.2) is 18.5 Å². The van der Waals surface area contributed by atoms with Crippen LogP contribution in [0.2, 0.25) is 0 Å². The van der Waals surface area contributed by atoms with Crippen molar-refractivity contribution in [2.75, 3.05) is 24.5 Å². The predicted molar refractivity (Wildman–Crippen MR) is 76.8 cm³/mol. The van der Waals surface area contributed by atoms with Gasteiger partial charge in [0.05, 0.1) is 11.9 Å². The Bertz CT molecular complexity index is 376. The van der Waals surface area contributed by atoms with Crippen LogP contribution in [0.25, 0.3) is 0 Å². The van der Waals surface area contributed by atoms with E-state index >= 15 is 0 Å². The van der Waals surface area contributed by atoms with E-state index in [1.54, 1.807) is 0 Å². The molecule has 1 N–H and O–H groups in total. The summed E-state index contributed by atoms with van der Waals surface area (Å²) in [7, 11) is 0. The number of nitrogens with one attached hydrogen (secondary N) is 1. The summed E-state index contributed by atoms with van der Waals surface area (Å²) < 4.78 is 0. The zero-order chi connectivity index (χ0) is 13.0. The largest absolute Gasteiger partial charge is 0.370 e. The van der Waals surface area contributed by atoms with Crippen LogP contribution in [0, 0.1) is 11.8 Å². The highest BCUT2D eigenvalue weighted by molar-refractivity contribution is 5.52. The molecule has 0 aromatic carbocycles. The van der Waals surface area contributed by atoms with Crippen molar-refractivity contribution in [2.24, 2.45) is 11.8 Å². The molecule has 1 unspecified atom stereocenters. The van der Waals surface area contributed by atoms with E-state index in [0.717, 1.165) is 19.0 Å². The molecule has 2 rings (SSSR count). The molecule has 2 heterocycles. The van der Waals surface area contributed by atoms with Crippen molar-refractivity contribution >= 4 is 5.69 Å². The second-order valence-electron chi connectivity index (χ2n) is 5.87. The molecular weight excluding hydrogens is 222 g/mol. The molecule has 0 spiro atoms. The zero-order valence-corrected chi connectivity index (χ0v) is 11.8. The molecule has 1 saturated heterocycles. The Balaban J connectivity index is 2.01. The van der Waals surface area contributed by atoms with Gasteiger partial charge in [-0.25, -0.2) is 0 Å². The fourth-order valence-electron chi connectivity index (χ4n) is 2.50. The van der Waals surface area contributed by atoms with Gasteiger partial charge >= 0.3 is 0 Å². The molecule has 0 aliphatic carbocycles. The van der Waals surface area contributed by atoms with E-state index in [1.165, 1.54) is 30.8 Å². The van der Waals surface area contributed by atoms with E-state index in [-0.39, 0.29) is 0 Å². The number of hydrogen-bond donors (Lipinski definition) is 1. The highest BCUT2D eigenvalue weighted by Crippen LogP contribution is 2.25. The third-order valence-electron chi connectivity index (χ3n) is 3.52. The predicted octanol–water partition coefficient (Wildman–Crippen LogP) is 2.67. The Hall–Kier alpha value is -1.09. The van der Waals surface area contributed by atoms with E-state index in [0.29, 0.717) is 5.92 Å². The fourth-order valence-corrected chi connectivity index (χ4v) is 2.50. The van der Waals surface area contributed by atoms with Gasteiger partial charge in [-0.2, -0.15) is 0 Å². The van der Waals surface area contributed by atoms with E-state index in [1.807, 2.05) is 12.4 Å². The van der Waals surface area contributed by atoms with Crippen molar-refractivity contribution < 1.29 is 0 Å². The van der Waals surface area contributed by atoms with Gasteiger partial charge in [-0.15, -0.1) is 0 Å². The molecule has 1 fully saturated rings. The summed E-state index contributed by atoms with van der Waals surface area (Å²) in [6, 6.07) is 2.14. The molecule has 0 radical (unpaired) electrons. The molecule has 0 saturated carbocycles. The quantitative estimate of drug-likeness (QED) is 0.867. The van der Waals surface area contributed by atoms with E-state index < -0.39 is 0 Å². The number of anilines is 1. The summed E-state index contributed by atoms with van der Waals surface area (Å²) in [5.74, 6) is 1.50. The summed E-state index contributed by atoms with van der Waals surface area (Å²) in [5, 5.41) is 3.52. The van der Waals surface area contributed by atoms with Gasteiger partial charge < -0.3 is 10.2 Å². The van der Waals surface area contributed by atoms with Crippen molar-refractivity contribution in [3.8, 4) is 0 Å². The van der Waals surface area contributed by atoms with Gasteiger partial charge in [-0.05, 0) is 36.4 Å². The molecule has 3 nitrogen and oxygen atoms in total. The molecular formula is C15H25N3. The average molecular weight is 247 g/mol. The lowest BCUT2D eigenvalue weighted by Crippen LogP contribution is -2.24. The molecule has 1 aliphatic rings. The second kappa shape index (κ2) is 6.19. The Kier molecular flexibility index (Phi) is 4.59. The normalized spacial score (nSPS) is 19.8. The van der Waals surface area contributed by atoms with Gasteiger partial charge in [0.25, 0.3) is 0 Å². The fraction of sp³-hybridized carbons (Fsp3) is 0.667. The Morgan fingerprint density at radius 2 is 2.33 bits per heavy atom. The SMILES string of the molecule is CC(C)CNCc1ccncc1N1CCC(C)C1. The van der Waals surface area contributed by atoms with Crippen molar-refractivity contribution in [1.82, 2.24) is 10.3 Å². The van der Waals surface area contributed by atoms with E-state index in [2.05, 4.69) is 42.0 Å². The molecule has 1 aliphatic heterocycles. The summed E-state index contributed by atoms with van der Waals surface area (Å²) in [6.45, 7) is 11.2. The molecule has 1 aromatic rings. The number of rotatable bonds is 5.